The molecule has 1 amide bonds. The van der Waals surface area contributed by atoms with Crippen LogP contribution in [0.5, 0.6) is 5.75 Å². The number of fused-ring (bicyclic) bond motifs is 1. The fraction of sp³-hybridized carbons (Fsp3) is 0.261. The Morgan fingerprint density at radius 1 is 1.00 bits per heavy atom. The van der Waals surface area contributed by atoms with Gasteiger partial charge in [-0.3, -0.25) is 4.79 Å². The number of nitrogens with one attached hydrogen (secondary N) is 1. The summed E-state index contributed by atoms with van der Waals surface area (Å²) in [6.07, 6.45) is 0. The molecule has 0 bridgehead atoms. The average molecular weight is 362 g/mol. The molecule has 0 fully saturated rings. The van der Waals surface area contributed by atoms with Crippen molar-refractivity contribution in [3.63, 3.8) is 0 Å². The largest absolute Gasteiger partial charge is 0.493 e. The van der Waals surface area contributed by atoms with Crippen LogP contribution in [-0.4, -0.2) is 38.1 Å². The molecule has 0 aliphatic heterocycles. The molecular formula is C23H26N2O2. The van der Waals surface area contributed by atoms with Gasteiger partial charge in [-0.15, -0.1) is 0 Å². The van der Waals surface area contributed by atoms with Crippen LogP contribution in [0.2, 0.25) is 0 Å². The average Bonchev–Trinajstić information content (AvgIpc) is 2.68. The number of amides is 1. The van der Waals surface area contributed by atoms with Crippen LogP contribution in [0, 0.1) is 0 Å². The fourth-order valence-corrected chi connectivity index (χ4v) is 3.31. The highest BCUT2D eigenvalue weighted by atomic mass is 16.5. The number of benzene rings is 3. The van der Waals surface area contributed by atoms with Crippen LogP contribution in [0.3, 0.4) is 0 Å². The van der Waals surface area contributed by atoms with Gasteiger partial charge in [-0.25, -0.2) is 0 Å². The van der Waals surface area contributed by atoms with E-state index in [9.17, 15) is 4.79 Å². The topological polar surface area (TPSA) is 41.6 Å². The molecule has 0 aliphatic carbocycles. The second-order valence-corrected chi connectivity index (χ2v) is 6.69. The van der Waals surface area contributed by atoms with Crippen LogP contribution >= 0.6 is 0 Å². The van der Waals surface area contributed by atoms with Crippen LogP contribution in [0.1, 0.15) is 28.9 Å². The molecule has 0 saturated heterocycles. The highest BCUT2D eigenvalue weighted by molar-refractivity contribution is 6.09. The van der Waals surface area contributed by atoms with E-state index in [4.69, 9.17) is 4.74 Å². The molecule has 4 nitrogen and oxygen atoms in total. The number of carbonyl (C=O) groups excluding carboxylic acids is 1. The summed E-state index contributed by atoms with van der Waals surface area (Å²) in [5, 5.41) is 5.04. The van der Waals surface area contributed by atoms with E-state index < -0.39 is 0 Å². The number of hydrogen-bond donors (Lipinski definition) is 1. The third kappa shape index (κ3) is 4.29. The Morgan fingerprint density at radius 2 is 1.70 bits per heavy atom. The summed E-state index contributed by atoms with van der Waals surface area (Å²) in [7, 11) is 4.04. The van der Waals surface area contributed by atoms with Crippen molar-refractivity contribution in [1.29, 1.82) is 0 Å². The van der Waals surface area contributed by atoms with E-state index in [1.54, 1.807) is 0 Å². The first-order valence-corrected chi connectivity index (χ1v) is 9.26. The molecule has 4 heteroatoms. The van der Waals surface area contributed by atoms with Gasteiger partial charge < -0.3 is 15.0 Å². The minimum Gasteiger partial charge on any atom is -0.493 e. The van der Waals surface area contributed by atoms with Gasteiger partial charge in [-0.2, -0.15) is 0 Å². The van der Waals surface area contributed by atoms with Crippen molar-refractivity contribution in [3.05, 3.63) is 77.9 Å². The van der Waals surface area contributed by atoms with Crippen LogP contribution in [0.15, 0.2) is 66.7 Å². The second-order valence-electron chi connectivity index (χ2n) is 6.69. The zero-order valence-electron chi connectivity index (χ0n) is 16.1. The summed E-state index contributed by atoms with van der Waals surface area (Å²) in [6.45, 7) is 2.96. The van der Waals surface area contributed by atoms with Gasteiger partial charge in [0.2, 0.25) is 0 Å². The van der Waals surface area contributed by atoms with Gasteiger partial charge in [0.05, 0.1) is 18.2 Å². The predicted molar refractivity (Wildman–Crippen MR) is 110 cm³/mol. The van der Waals surface area contributed by atoms with Crippen LogP contribution in [0.4, 0.5) is 0 Å². The van der Waals surface area contributed by atoms with Gasteiger partial charge >= 0.3 is 0 Å². The summed E-state index contributed by atoms with van der Waals surface area (Å²) in [4.78, 5) is 15.2. The third-order valence-corrected chi connectivity index (χ3v) is 4.68. The second kappa shape index (κ2) is 8.69. The first-order valence-electron chi connectivity index (χ1n) is 9.26. The number of rotatable bonds is 7. The first-order chi connectivity index (χ1) is 13.1. The van der Waals surface area contributed by atoms with Crippen molar-refractivity contribution in [2.24, 2.45) is 0 Å². The standard InChI is InChI=1S/C23H26N2O2/c1-4-27-21-15-14-17-10-8-9-13-19(17)22(21)23(26)24-16-20(25(2)3)18-11-6-5-7-12-18/h5-15,20H,4,16H2,1-3H3,(H,24,26)/t20-/m1/s1. The molecule has 0 aliphatic rings. The maximum absolute atomic E-state index is 13.1. The smallest absolute Gasteiger partial charge is 0.255 e. The quantitative estimate of drug-likeness (QED) is 0.682. The fourth-order valence-electron chi connectivity index (χ4n) is 3.31. The summed E-state index contributed by atoms with van der Waals surface area (Å²) >= 11 is 0. The van der Waals surface area contributed by atoms with E-state index in [1.807, 2.05) is 75.6 Å². The Bertz CT molecular complexity index is 907. The van der Waals surface area contributed by atoms with Crippen molar-refractivity contribution in [1.82, 2.24) is 10.2 Å². The molecule has 3 aromatic rings. The van der Waals surface area contributed by atoms with Crippen LogP contribution in [0.25, 0.3) is 10.8 Å². The lowest BCUT2D eigenvalue weighted by atomic mass is 10.0. The van der Waals surface area contributed by atoms with Crippen molar-refractivity contribution in [2.75, 3.05) is 27.2 Å². The predicted octanol–water partition coefficient (Wildman–Crippen LogP) is 4.27. The number of nitrogens with zero attached hydrogens (tertiary/aromatic N) is 1. The van der Waals surface area contributed by atoms with Crippen molar-refractivity contribution >= 4 is 16.7 Å². The maximum atomic E-state index is 13.1. The summed E-state index contributed by atoms with van der Waals surface area (Å²) < 4.78 is 5.73. The van der Waals surface area contributed by atoms with Gasteiger partial charge in [-0.05, 0) is 43.4 Å². The molecule has 140 valence electrons. The highest BCUT2D eigenvalue weighted by Gasteiger charge is 2.19. The van der Waals surface area contributed by atoms with E-state index in [2.05, 4.69) is 22.3 Å². The zero-order valence-corrected chi connectivity index (χ0v) is 16.1. The van der Waals surface area contributed by atoms with Crippen molar-refractivity contribution in [2.45, 2.75) is 13.0 Å². The molecule has 0 saturated carbocycles. The monoisotopic (exact) mass is 362 g/mol. The van der Waals surface area contributed by atoms with E-state index in [-0.39, 0.29) is 11.9 Å². The molecular weight excluding hydrogens is 336 g/mol. The molecule has 27 heavy (non-hydrogen) atoms. The number of hydrogen-bond acceptors (Lipinski definition) is 3. The van der Waals surface area contributed by atoms with Crippen LogP contribution in [-0.2, 0) is 0 Å². The Hall–Kier alpha value is -2.85. The first kappa shape index (κ1) is 18.9. The Morgan fingerprint density at radius 3 is 2.41 bits per heavy atom. The highest BCUT2D eigenvalue weighted by Crippen LogP contribution is 2.28. The molecule has 0 aromatic heterocycles. The molecule has 0 heterocycles. The maximum Gasteiger partial charge on any atom is 0.255 e. The summed E-state index contributed by atoms with van der Waals surface area (Å²) in [5.41, 5.74) is 1.77. The van der Waals surface area contributed by atoms with E-state index >= 15 is 0 Å². The Labute approximate surface area is 160 Å². The Kier molecular flexibility index (Phi) is 6.09. The summed E-state index contributed by atoms with van der Waals surface area (Å²) in [5.74, 6) is 0.507. The molecule has 0 radical (unpaired) electrons. The normalized spacial score (nSPS) is 12.1. The minimum atomic E-state index is -0.113. The lowest BCUT2D eigenvalue weighted by Crippen LogP contribution is -2.34. The SMILES string of the molecule is CCOc1ccc2ccccc2c1C(=O)NC[C@H](c1ccccc1)N(C)C. The van der Waals surface area contributed by atoms with Crippen molar-refractivity contribution in [3.8, 4) is 5.75 Å². The van der Waals surface area contributed by atoms with E-state index in [0.29, 0.717) is 24.5 Å². The third-order valence-electron chi connectivity index (χ3n) is 4.68. The molecule has 0 unspecified atom stereocenters. The van der Waals surface area contributed by atoms with E-state index in [1.165, 1.54) is 5.56 Å². The van der Waals surface area contributed by atoms with Crippen LogP contribution < -0.4 is 10.1 Å². The molecule has 1 N–H and O–H groups in total. The summed E-state index contributed by atoms with van der Waals surface area (Å²) in [6, 6.07) is 22.1. The molecule has 0 spiro atoms. The van der Waals surface area contributed by atoms with Gasteiger partial charge in [0.15, 0.2) is 0 Å². The van der Waals surface area contributed by atoms with Gasteiger partial charge in [-0.1, -0.05) is 60.7 Å². The molecule has 1 atom stereocenters. The van der Waals surface area contributed by atoms with Crippen molar-refractivity contribution < 1.29 is 9.53 Å². The minimum absolute atomic E-state index is 0.0978. The van der Waals surface area contributed by atoms with Gasteiger partial charge in [0.25, 0.3) is 5.91 Å². The lowest BCUT2D eigenvalue weighted by Gasteiger charge is -2.25. The Balaban J connectivity index is 1.88. The number of carbonyl (C=O) groups is 1. The van der Waals surface area contributed by atoms with Gasteiger partial charge in [0, 0.05) is 6.54 Å². The number of ether oxygens (including phenoxy) is 1. The lowest BCUT2D eigenvalue weighted by molar-refractivity contribution is 0.0940. The van der Waals surface area contributed by atoms with Gasteiger partial charge in [0.1, 0.15) is 5.75 Å². The molecule has 3 rings (SSSR count). The molecule has 3 aromatic carbocycles. The number of likely N-dealkylation sites (N-methyl/N-ethyl adjacent to an activating group) is 1. The zero-order chi connectivity index (χ0) is 19.2. The van der Waals surface area contributed by atoms with E-state index in [0.717, 1.165) is 10.8 Å².